The third-order valence-corrected chi connectivity index (χ3v) is 5.75. The van der Waals surface area contributed by atoms with E-state index in [-0.39, 0.29) is 22.7 Å². The Bertz CT molecular complexity index is 1180. The van der Waals surface area contributed by atoms with Crippen molar-refractivity contribution in [1.29, 1.82) is 0 Å². The number of sulfonamides is 1. The van der Waals surface area contributed by atoms with E-state index in [0.29, 0.717) is 17.1 Å². The second kappa shape index (κ2) is 9.48. The SMILES string of the molecule is COc1ccc(S(=O)(=O)Nc2ccccc2OC)cc1NC(=O)Cc1ccc(F)cc1. The van der Waals surface area contributed by atoms with Crippen LogP contribution in [0.25, 0.3) is 0 Å². The zero-order chi connectivity index (χ0) is 22.4. The van der Waals surface area contributed by atoms with Gasteiger partial charge in [-0.05, 0) is 48.0 Å². The van der Waals surface area contributed by atoms with Crippen molar-refractivity contribution in [3.05, 3.63) is 78.1 Å². The third-order valence-electron chi connectivity index (χ3n) is 4.38. The van der Waals surface area contributed by atoms with Crippen LogP contribution in [-0.2, 0) is 21.2 Å². The van der Waals surface area contributed by atoms with Crippen molar-refractivity contribution in [1.82, 2.24) is 0 Å². The maximum atomic E-state index is 13.0. The van der Waals surface area contributed by atoms with E-state index >= 15 is 0 Å². The number of hydrogen-bond donors (Lipinski definition) is 2. The first kappa shape index (κ1) is 22.1. The summed E-state index contributed by atoms with van der Waals surface area (Å²) in [6.07, 6.45) is -0.0140. The molecule has 0 radical (unpaired) electrons. The van der Waals surface area contributed by atoms with Crippen LogP contribution in [0, 0.1) is 5.82 Å². The number of carbonyl (C=O) groups excluding carboxylic acids is 1. The molecule has 0 aromatic heterocycles. The summed E-state index contributed by atoms with van der Waals surface area (Å²) in [4.78, 5) is 12.4. The molecule has 7 nitrogen and oxygen atoms in total. The largest absolute Gasteiger partial charge is 0.495 e. The highest BCUT2D eigenvalue weighted by Gasteiger charge is 2.19. The summed E-state index contributed by atoms with van der Waals surface area (Å²) < 4.78 is 51.7. The Morgan fingerprint density at radius 2 is 1.55 bits per heavy atom. The number of methoxy groups -OCH3 is 2. The van der Waals surface area contributed by atoms with Gasteiger partial charge in [-0.3, -0.25) is 9.52 Å². The van der Waals surface area contributed by atoms with Crippen molar-refractivity contribution in [3.8, 4) is 11.5 Å². The molecule has 0 bridgehead atoms. The number of benzene rings is 3. The number of para-hydroxylation sites is 2. The van der Waals surface area contributed by atoms with Gasteiger partial charge in [0, 0.05) is 0 Å². The number of carbonyl (C=O) groups is 1. The molecule has 162 valence electrons. The van der Waals surface area contributed by atoms with E-state index in [0.717, 1.165) is 0 Å². The molecule has 3 rings (SSSR count). The van der Waals surface area contributed by atoms with E-state index in [4.69, 9.17) is 9.47 Å². The number of halogens is 1. The van der Waals surface area contributed by atoms with Gasteiger partial charge in [0.1, 0.15) is 17.3 Å². The summed E-state index contributed by atoms with van der Waals surface area (Å²) in [7, 11) is -1.12. The summed E-state index contributed by atoms with van der Waals surface area (Å²) in [5.41, 5.74) is 1.08. The second-order valence-electron chi connectivity index (χ2n) is 6.52. The van der Waals surface area contributed by atoms with E-state index in [9.17, 15) is 17.6 Å². The summed E-state index contributed by atoms with van der Waals surface area (Å²) in [6.45, 7) is 0. The lowest BCUT2D eigenvalue weighted by molar-refractivity contribution is -0.115. The number of hydrogen-bond acceptors (Lipinski definition) is 5. The molecule has 0 aliphatic rings. The smallest absolute Gasteiger partial charge is 0.262 e. The minimum atomic E-state index is -3.97. The first-order valence-corrected chi connectivity index (χ1v) is 10.7. The van der Waals surface area contributed by atoms with Gasteiger partial charge in [-0.2, -0.15) is 0 Å². The lowest BCUT2D eigenvalue weighted by Crippen LogP contribution is -2.17. The molecule has 0 aliphatic carbocycles. The fraction of sp³-hybridized carbons (Fsp3) is 0.136. The van der Waals surface area contributed by atoms with Gasteiger partial charge in [0.2, 0.25) is 5.91 Å². The summed E-state index contributed by atoms with van der Waals surface area (Å²) in [5, 5.41) is 2.65. The summed E-state index contributed by atoms with van der Waals surface area (Å²) in [6, 6.07) is 16.3. The fourth-order valence-electron chi connectivity index (χ4n) is 2.87. The lowest BCUT2D eigenvalue weighted by Gasteiger charge is -2.14. The van der Waals surface area contributed by atoms with E-state index in [1.807, 2.05) is 0 Å². The van der Waals surface area contributed by atoms with Crippen LogP contribution < -0.4 is 19.5 Å². The van der Waals surface area contributed by atoms with Gasteiger partial charge in [-0.15, -0.1) is 0 Å². The van der Waals surface area contributed by atoms with Crippen molar-refractivity contribution in [2.75, 3.05) is 24.3 Å². The number of nitrogens with one attached hydrogen (secondary N) is 2. The first-order chi connectivity index (χ1) is 14.8. The molecular weight excluding hydrogens is 423 g/mol. The Morgan fingerprint density at radius 3 is 2.23 bits per heavy atom. The molecular formula is C22H21FN2O5S. The molecule has 0 fully saturated rings. The van der Waals surface area contributed by atoms with Crippen LogP contribution in [0.5, 0.6) is 11.5 Å². The lowest BCUT2D eigenvalue weighted by atomic mass is 10.1. The van der Waals surface area contributed by atoms with E-state index in [2.05, 4.69) is 10.0 Å². The molecule has 31 heavy (non-hydrogen) atoms. The molecule has 3 aromatic rings. The Balaban J connectivity index is 1.83. The highest BCUT2D eigenvalue weighted by atomic mass is 32.2. The quantitative estimate of drug-likeness (QED) is 0.551. The van der Waals surface area contributed by atoms with Crippen LogP contribution in [0.1, 0.15) is 5.56 Å². The highest BCUT2D eigenvalue weighted by molar-refractivity contribution is 7.92. The fourth-order valence-corrected chi connectivity index (χ4v) is 3.96. The van der Waals surface area contributed by atoms with Crippen LogP contribution in [0.4, 0.5) is 15.8 Å². The van der Waals surface area contributed by atoms with Gasteiger partial charge in [0.15, 0.2) is 0 Å². The normalized spacial score (nSPS) is 10.9. The zero-order valence-corrected chi connectivity index (χ0v) is 17.7. The van der Waals surface area contributed by atoms with E-state index < -0.39 is 21.7 Å². The predicted octanol–water partition coefficient (Wildman–Crippen LogP) is 3.82. The molecule has 0 heterocycles. The molecule has 0 saturated heterocycles. The number of anilines is 2. The predicted molar refractivity (Wildman–Crippen MR) is 116 cm³/mol. The van der Waals surface area contributed by atoms with Gasteiger partial charge < -0.3 is 14.8 Å². The zero-order valence-electron chi connectivity index (χ0n) is 16.9. The van der Waals surface area contributed by atoms with Gasteiger partial charge in [-0.1, -0.05) is 24.3 Å². The number of rotatable bonds is 8. The van der Waals surface area contributed by atoms with Crippen LogP contribution in [0.15, 0.2) is 71.6 Å². The molecule has 2 N–H and O–H groups in total. The number of ether oxygens (including phenoxy) is 2. The van der Waals surface area contributed by atoms with Gasteiger partial charge in [0.05, 0.1) is 36.9 Å². The van der Waals surface area contributed by atoms with Crippen LogP contribution >= 0.6 is 0 Å². The maximum absolute atomic E-state index is 13.0. The molecule has 1 amide bonds. The molecule has 9 heteroatoms. The topological polar surface area (TPSA) is 93.7 Å². The first-order valence-electron chi connectivity index (χ1n) is 9.20. The molecule has 0 aliphatic heterocycles. The number of amides is 1. The maximum Gasteiger partial charge on any atom is 0.262 e. The van der Waals surface area contributed by atoms with Crippen LogP contribution in [0.2, 0.25) is 0 Å². The second-order valence-corrected chi connectivity index (χ2v) is 8.20. The van der Waals surface area contributed by atoms with E-state index in [1.165, 1.54) is 56.7 Å². The Kier molecular flexibility index (Phi) is 6.76. The average Bonchev–Trinajstić information content (AvgIpc) is 2.75. The van der Waals surface area contributed by atoms with Gasteiger partial charge in [-0.25, -0.2) is 12.8 Å². The van der Waals surface area contributed by atoms with Crippen LogP contribution in [0.3, 0.4) is 0 Å². The molecule has 0 saturated carbocycles. The van der Waals surface area contributed by atoms with Crippen molar-refractivity contribution < 1.29 is 27.1 Å². The highest BCUT2D eigenvalue weighted by Crippen LogP contribution is 2.30. The molecule has 3 aromatic carbocycles. The van der Waals surface area contributed by atoms with Crippen molar-refractivity contribution in [2.24, 2.45) is 0 Å². The van der Waals surface area contributed by atoms with Crippen molar-refractivity contribution in [3.63, 3.8) is 0 Å². The summed E-state index contributed by atoms with van der Waals surface area (Å²) >= 11 is 0. The minimum Gasteiger partial charge on any atom is -0.495 e. The Hall–Kier alpha value is -3.59. The van der Waals surface area contributed by atoms with Gasteiger partial charge in [0.25, 0.3) is 10.0 Å². The molecule has 0 spiro atoms. The minimum absolute atomic E-state index is 0.0140. The summed E-state index contributed by atoms with van der Waals surface area (Å²) in [5.74, 6) is -0.139. The van der Waals surface area contributed by atoms with Gasteiger partial charge >= 0.3 is 0 Å². The molecule has 0 unspecified atom stereocenters. The van der Waals surface area contributed by atoms with Crippen molar-refractivity contribution in [2.45, 2.75) is 11.3 Å². The average molecular weight is 444 g/mol. The van der Waals surface area contributed by atoms with Crippen molar-refractivity contribution >= 4 is 27.3 Å². The molecule has 0 atom stereocenters. The Labute approximate surface area is 179 Å². The third kappa shape index (κ3) is 5.52. The Morgan fingerprint density at radius 1 is 0.903 bits per heavy atom. The monoisotopic (exact) mass is 444 g/mol. The van der Waals surface area contributed by atoms with E-state index in [1.54, 1.807) is 24.3 Å². The standard InChI is InChI=1S/C22H21FN2O5S/c1-29-20-6-4-3-5-18(20)25-31(27,28)17-11-12-21(30-2)19(14-17)24-22(26)13-15-7-9-16(23)10-8-15/h3-12,14,25H,13H2,1-2H3,(H,24,26). The van der Waals surface area contributed by atoms with Crippen LogP contribution in [-0.4, -0.2) is 28.5 Å².